The van der Waals surface area contributed by atoms with E-state index in [0.717, 1.165) is 57.8 Å². The van der Waals surface area contributed by atoms with Crippen LogP contribution in [0.1, 0.15) is 93.2 Å². The minimum absolute atomic E-state index is 0.00609. The highest BCUT2D eigenvalue weighted by atomic mass is 19.3. The maximum atomic E-state index is 13.8. The zero-order chi connectivity index (χ0) is 25.2. The van der Waals surface area contributed by atoms with Crippen LogP contribution < -0.4 is 10.6 Å². The third-order valence-electron chi connectivity index (χ3n) is 7.66. The van der Waals surface area contributed by atoms with Gasteiger partial charge in [0.2, 0.25) is 0 Å². The van der Waals surface area contributed by atoms with Gasteiger partial charge in [0.15, 0.2) is 11.3 Å². The second-order valence-corrected chi connectivity index (χ2v) is 9.99. The van der Waals surface area contributed by atoms with Crippen LogP contribution in [0.5, 0.6) is 0 Å². The van der Waals surface area contributed by atoms with Crippen molar-refractivity contribution >= 4 is 23.1 Å². The molecule has 5 rings (SSSR count). The van der Waals surface area contributed by atoms with Crippen molar-refractivity contribution in [1.82, 2.24) is 24.4 Å². The molecule has 1 amide bonds. The van der Waals surface area contributed by atoms with Crippen LogP contribution in [0.25, 0.3) is 5.65 Å². The van der Waals surface area contributed by atoms with Crippen molar-refractivity contribution in [2.75, 3.05) is 10.6 Å². The molecule has 2 aliphatic rings. The molecule has 2 aliphatic carbocycles. The Morgan fingerprint density at radius 2 is 1.97 bits per heavy atom. The molecule has 0 unspecified atom stereocenters. The summed E-state index contributed by atoms with van der Waals surface area (Å²) in [7, 11) is 0. The fraction of sp³-hybridized carbons (Fsp3) is 0.600. The Morgan fingerprint density at radius 3 is 2.69 bits per heavy atom. The summed E-state index contributed by atoms with van der Waals surface area (Å²) >= 11 is 0. The van der Waals surface area contributed by atoms with Crippen LogP contribution in [-0.4, -0.2) is 47.5 Å². The summed E-state index contributed by atoms with van der Waals surface area (Å²) in [6.07, 6.45) is 9.90. The predicted molar refractivity (Wildman–Crippen MR) is 131 cm³/mol. The second-order valence-electron chi connectivity index (χ2n) is 9.99. The van der Waals surface area contributed by atoms with Crippen molar-refractivity contribution < 1.29 is 18.7 Å². The van der Waals surface area contributed by atoms with Crippen LogP contribution in [0.4, 0.5) is 20.3 Å². The Labute approximate surface area is 208 Å². The summed E-state index contributed by atoms with van der Waals surface area (Å²) in [5, 5.41) is 24.5. The average Bonchev–Trinajstić information content (AvgIpc) is 3.50. The van der Waals surface area contributed by atoms with Crippen LogP contribution in [0, 0.1) is 5.92 Å². The van der Waals surface area contributed by atoms with E-state index in [2.05, 4.69) is 32.7 Å². The first-order valence-corrected chi connectivity index (χ1v) is 12.9. The van der Waals surface area contributed by atoms with Gasteiger partial charge in [-0.05, 0) is 50.5 Å². The number of carbonyl (C=O) groups excluding carboxylic acids is 1. The molecule has 2 saturated carbocycles. The quantitative estimate of drug-likeness (QED) is 0.422. The van der Waals surface area contributed by atoms with Crippen molar-refractivity contribution in [3.05, 3.63) is 35.9 Å². The van der Waals surface area contributed by atoms with Crippen molar-refractivity contribution in [2.24, 2.45) is 5.92 Å². The van der Waals surface area contributed by atoms with Crippen LogP contribution in [-0.2, 0) is 0 Å². The number of alkyl halides is 2. The van der Waals surface area contributed by atoms with Gasteiger partial charge in [-0.1, -0.05) is 26.2 Å². The van der Waals surface area contributed by atoms with E-state index in [4.69, 9.17) is 0 Å². The van der Waals surface area contributed by atoms with E-state index < -0.39 is 24.1 Å². The third kappa shape index (κ3) is 5.07. The van der Waals surface area contributed by atoms with Crippen LogP contribution in [0.3, 0.4) is 0 Å². The highest BCUT2D eigenvalue weighted by Gasteiger charge is 2.27. The normalized spacial score (nSPS) is 24.8. The molecule has 2 atom stereocenters. The first-order valence-electron chi connectivity index (χ1n) is 12.9. The van der Waals surface area contributed by atoms with Gasteiger partial charge in [0.25, 0.3) is 12.3 Å². The number of rotatable bonds is 7. The zero-order valence-electron chi connectivity index (χ0n) is 20.4. The molecule has 3 heterocycles. The summed E-state index contributed by atoms with van der Waals surface area (Å²) in [6.45, 7) is 2.18. The van der Waals surface area contributed by atoms with E-state index in [0.29, 0.717) is 17.4 Å². The lowest BCUT2D eigenvalue weighted by Gasteiger charge is -2.28. The number of aromatic nitrogens is 5. The van der Waals surface area contributed by atoms with Gasteiger partial charge in [0.1, 0.15) is 11.4 Å². The number of halogens is 2. The van der Waals surface area contributed by atoms with Gasteiger partial charge in [0, 0.05) is 12.4 Å². The van der Waals surface area contributed by atoms with E-state index >= 15 is 0 Å². The van der Waals surface area contributed by atoms with Crippen molar-refractivity contribution in [1.29, 1.82) is 0 Å². The molecule has 194 valence electrons. The molecular weight excluding hydrogens is 468 g/mol. The van der Waals surface area contributed by atoms with E-state index in [9.17, 15) is 18.7 Å². The molecule has 3 aromatic rings. The summed E-state index contributed by atoms with van der Waals surface area (Å²) in [4.78, 5) is 17.7. The molecule has 11 heteroatoms. The molecule has 36 heavy (non-hydrogen) atoms. The molecule has 0 aromatic carbocycles. The van der Waals surface area contributed by atoms with E-state index in [1.54, 1.807) is 16.9 Å². The maximum Gasteiger partial charge on any atom is 0.284 e. The average molecular weight is 502 g/mol. The van der Waals surface area contributed by atoms with Gasteiger partial charge in [-0.2, -0.15) is 10.2 Å². The number of hydrogen-bond acceptors (Lipinski definition) is 6. The fourth-order valence-corrected chi connectivity index (χ4v) is 5.44. The number of aliphatic hydroxyl groups is 1. The van der Waals surface area contributed by atoms with Crippen molar-refractivity contribution in [3.63, 3.8) is 0 Å². The lowest BCUT2D eigenvalue weighted by molar-refractivity contribution is 0.102. The van der Waals surface area contributed by atoms with Gasteiger partial charge < -0.3 is 15.7 Å². The second kappa shape index (κ2) is 10.5. The van der Waals surface area contributed by atoms with Gasteiger partial charge in [-0.25, -0.2) is 18.3 Å². The lowest BCUT2D eigenvalue weighted by atomic mass is 9.85. The van der Waals surface area contributed by atoms with Gasteiger partial charge in [0.05, 0.1) is 30.1 Å². The summed E-state index contributed by atoms with van der Waals surface area (Å²) in [5.41, 5.74) is 0.0385. The van der Waals surface area contributed by atoms with E-state index in [1.165, 1.54) is 16.9 Å². The number of anilines is 2. The monoisotopic (exact) mass is 501 g/mol. The van der Waals surface area contributed by atoms with Crippen LogP contribution in [0.15, 0.2) is 24.7 Å². The number of aliphatic hydroxyl groups excluding tert-OH is 1. The molecule has 9 nitrogen and oxygen atoms in total. The van der Waals surface area contributed by atoms with Crippen LogP contribution in [0.2, 0.25) is 0 Å². The Morgan fingerprint density at radius 1 is 1.19 bits per heavy atom. The van der Waals surface area contributed by atoms with Crippen LogP contribution >= 0.6 is 0 Å². The number of carbonyl (C=O) groups is 1. The Kier molecular flexibility index (Phi) is 7.17. The maximum absolute atomic E-state index is 13.8. The van der Waals surface area contributed by atoms with Crippen molar-refractivity contribution in [2.45, 2.75) is 89.3 Å². The Hall–Kier alpha value is -3.08. The topological polar surface area (TPSA) is 109 Å². The van der Waals surface area contributed by atoms with Crippen molar-refractivity contribution in [3.8, 4) is 0 Å². The molecule has 0 saturated heterocycles. The molecule has 3 aromatic heterocycles. The minimum Gasteiger partial charge on any atom is -0.391 e. The molecule has 0 bridgehead atoms. The summed E-state index contributed by atoms with van der Waals surface area (Å²) in [5.74, 6) is 0.615. The molecule has 0 spiro atoms. The fourth-order valence-electron chi connectivity index (χ4n) is 5.44. The van der Waals surface area contributed by atoms with Gasteiger partial charge in [-0.3, -0.25) is 9.48 Å². The minimum atomic E-state index is -2.81. The van der Waals surface area contributed by atoms with E-state index in [1.807, 2.05) is 0 Å². The molecule has 3 N–H and O–H groups in total. The highest BCUT2D eigenvalue weighted by molar-refractivity contribution is 6.08. The summed E-state index contributed by atoms with van der Waals surface area (Å²) in [6, 6.07) is 1.67. The van der Waals surface area contributed by atoms with Gasteiger partial charge >= 0.3 is 0 Å². The summed E-state index contributed by atoms with van der Waals surface area (Å²) < 4.78 is 30.6. The third-order valence-corrected chi connectivity index (χ3v) is 7.66. The first-order chi connectivity index (χ1) is 17.4. The van der Waals surface area contributed by atoms with E-state index in [-0.39, 0.29) is 23.3 Å². The smallest absolute Gasteiger partial charge is 0.284 e. The lowest BCUT2D eigenvalue weighted by Crippen LogP contribution is -2.36. The standard InChI is InChI=1S/C25H33F2N7O2/c1-2-15-7-9-16(10-8-15)34-14-19(22(32-34)23(26)27)30-25(36)17-13-28-33-12-11-21(31-24(17)33)29-18-5-3-4-6-20(18)35/h11-16,18,20,23,35H,2-10H2,1H3,(H,29,31)(H,30,36)/t15?,16?,18-,20+/m1/s1. The number of nitrogens with zero attached hydrogens (tertiary/aromatic N) is 5. The molecule has 0 aliphatic heterocycles. The number of fused-ring (bicyclic) bond motifs is 1. The Balaban J connectivity index is 1.35. The molecular formula is C25H33F2N7O2. The SMILES string of the molecule is CCC1CCC(n2cc(NC(=O)c3cnn4ccc(N[C@@H]5CCCC[C@@H]5O)nc34)c(C(F)F)n2)CC1. The number of hydrogen-bond donors (Lipinski definition) is 3. The number of amides is 1. The molecule has 2 fully saturated rings. The highest BCUT2D eigenvalue weighted by Crippen LogP contribution is 2.36. The zero-order valence-corrected chi connectivity index (χ0v) is 20.4. The largest absolute Gasteiger partial charge is 0.391 e. The first kappa shape index (κ1) is 24.6. The Bertz CT molecular complexity index is 1200. The van der Waals surface area contributed by atoms with Gasteiger partial charge in [-0.15, -0.1) is 0 Å². The number of nitrogens with one attached hydrogen (secondary N) is 2. The molecule has 0 radical (unpaired) electrons. The predicted octanol–water partition coefficient (Wildman–Crippen LogP) is 4.97.